The van der Waals surface area contributed by atoms with Crippen molar-refractivity contribution in [2.45, 2.75) is 64.9 Å². The smallest absolute Gasteiger partial charge is 0.310 e. The van der Waals surface area contributed by atoms with Crippen molar-refractivity contribution < 1.29 is 19.1 Å². The lowest BCUT2D eigenvalue weighted by Gasteiger charge is -2.32. The van der Waals surface area contributed by atoms with Crippen LogP contribution >= 0.6 is 11.3 Å². The van der Waals surface area contributed by atoms with Gasteiger partial charge in [-0.15, -0.1) is 0 Å². The summed E-state index contributed by atoms with van der Waals surface area (Å²) in [5.74, 6) is 0.0205. The number of hydrogen-bond acceptors (Lipinski definition) is 8. The van der Waals surface area contributed by atoms with Crippen LogP contribution < -0.4 is 4.90 Å². The van der Waals surface area contributed by atoms with Crippen LogP contribution in [0.3, 0.4) is 0 Å². The molecule has 0 aliphatic carbocycles. The Bertz CT molecular complexity index is 1450. The highest BCUT2D eigenvalue weighted by molar-refractivity contribution is 7.17. The second-order valence-electron chi connectivity index (χ2n) is 12.5. The van der Waals surface area contributed by atoms with Crippen molar-refractivity contribution >= 4 is 34.3 Å². The Hall–Kier alpha value is -3.76. The van der Waals surface area contributed by atoms with Gasteiger partial charge in [0, 0.05) is 66.8 Å². The average molecular weight is 662 g/mol. The van der Waals surface area contributed by atoms with Gasteiger partial charge in [-0.25, -0.2) is 4.98 Å². The van der Waals surface area contributed by atoms with Crippen molar-refractivity contribution in [3.05, 3.63) is 70.7 Å². The summed E-state index contributed by atoms with van der Waals surface area (Å²) in [4.78, 5) is 51.4. The third kappa shape index (κ3) is 10.6. The number of aromatic nitrogens is 1. The first-order valence-electron chi connectivity index (χ1n) is 16.9. The van der Waals surface area contributed by atoms with E-state index in [1.807, 2.05) is 76.3 Å². The first-order valence-corrected chi connectivity index (χ1v) is 17.7. The van der Waals surface area contributed by atoms with Crippen LogP contribution in [0, 0.1) is 6.92 Å². The Kier molecular flexibility index (Phi) is 13.8. The standard InChI is InChI=1S/C37H51N5O4S/c1-6-39(3)36(45)35-28(2)38-37(47-35)41(5)22-14-8-11-19-33(43)40(4)25-26-42-23-20-31(21-24-42)46-34(44)27-30-17-12-13-18-32(30)29-15-9-7-10-16-29/h7,9-10,12-13,15-18,31H,6,8,11,14,19-27H2,1-5H3. The molecule has 9 nitrogen and oxygen atoms in total. The quantitative estimate of drug-likeness (QED) is 0.139. The van der Waals surface area contributed by atoms with Crippen molar-refractivity contribution in [3.8, 4) is 11.1 Å². The highest BCUT2D eigenvalue weighted by Gasteiger charge is 2.24. The number of ether oxygens (including phenoxy) is 1. The van der Waals surface area contributed by atoms with Gasteiger partial charge in [0.15, 0.2) is 5.13 Å². The summed E-state index contributed by atoms with van der Waals surface area (Å²) >= 11 is 1.45. The van der Waals surface area contributed by atoms with Gasteiger partial charge < -0.3 is 24.3 Å². The summed E-state index contributed by atoms with van der Waals surface area (Å²) in [5.41, 5.74) is 3.93. The zero-order chi connectivity index (χ0) is 33.8. The molecule has 47 heavy (non-hydrogen) atoms. The van der Waals surface area contributed by atoms with Crippen molar-refractivity contribution in [2.24, 2.45) is 0 Å². The summed E-state index contributed by atoms with van der Waals surface area (Å²) < 4.78 is 5.88. The molecular formula is C37H51N5O4S. The fourth-order valence-corrected chi connectivity index (χ4v) is 6.82. The van der Waals surface area contributed by atoms with Crippen LogP contribution in [0.4, 0.5) is 5.13 Å². The van der Waals surface area contributed by atoms with E-state index in [9.17, 15) is 14.4 Å². The maximum atomic E-state index is 12.8. The number of likely N-dealkylation sites (N-methyl/N-ethyl adjacent to an activating group) is 1. The Labute approximate surface area is 284 Å². The van der Waals surface area contributed by atoms with Gasteiger partial charge in [0.2, 0.25) is 5.91 Å². The third-order valence-corrected chi connectivity index (χ3v) is 10.2. The molecule has 1 aliphatic heterocycles. The minimum atomic E-state index is -0.178. The number of anilines is 1. The number of likely N-dealkylation sites (tertiary alicyclic amines) is 1. The van der Waals surface area contributed by atoms with Crippen LogP contribution in [-0.2, 0) is 20.7 Å². The first kappa shape index (κ1) is 36.1. The fourth-order valence-electron chi connectivity index (χ4n) is 5.77. The molecule has 0 atom stereocenters. The minimum Gasteiger partial charge on any atom is -0.462 e. The van der Waals surface area contributed by atoms with E-state index < -0.39 is 0 Å². The van der Waals surface area contributed by atoms with Crippen LogP contribution in [0.1, 0.15) is 66.4 Å². The lowest BCUT2D eigenvalue weighted by Crippen LogP contribution is -2.42. The molecule has 0 radical (unpaired) electrons. The Morgan fingerprint density at radius 1 is 0.915 bits per heavy atom. The molecule has 1 aliphatic rings. The summed E-state index contributed by atoms with van der Waals surface area (Å²) in [5, 5.41) is 0.859. The van der Waals surface area contributed by atoms with Gasteiger partial charge in [0.1, 0.15) is 11.0 Å². The minimum absolute atomic E-state index is 0.0206. The third-order valence-electron chi connectivity index (χ3n) is 8.96. The van der Waals surface area contributed by atoms with Gasteiger partial charge in [-0.05, 0) is 56.2 Å². The van der Waals surface area contributed by atoms with Gasteiger partial charge in [0.25, 0.3) is 5.91 Å². The molecule has 0 N–H and O–H groups in total. The van der Waals surface area contributed by atoms with Gasteiger partial charge in [0.05, 0.1) is 12.1 Å². The van der Waals surface area contributed by atoms with Crippen LogP contribution in [0.5, 0.6) is 0 Å². The van der Waals surface area contributed by atoms with Crippen LogP contribution in [0.15, 0.2) is 54.6 Å². The van der Waals surface area contributed by atoms with E-state index in [0.29, 0.717) is 24.4 Å². The molecule has 1 fully saturated rings. The molecule has 10 heteroatoms. The van der Waals surface area contributed by atoms with E-state index in [0.717, 1.165) is 85.8 Å². The summed E-state index contributed by atoms with van der Waals surface area (Å²) in [6.07, 6.45) is 5.15. The summed E-state index contributed by atoms with van der Waals surface area (Å²) in [7, 11) is 5.70. The number of carbonyl (C=O) groups excluding carboxylic acids is 3. The van der Waals surface area contributed by atoms with E-state index >= 15 is 0 Å². The molecule has 2 heterocycles. The number of piperidine rings is 1. The lowest BCUT2D eigenvalue weighted by atomic mass is 9.98. The molecular weight excluding hydrogens is 611 g/mol. The number of thiazole rings is 1. The summed E-state index contributed by atoms with van der Waals surface area (Å²) in [6.45, 7) is 8.59. The molecule has 1 saturated heterocycles. The normalized spacial score (nSPS) is 13.7. The second-order valence-corrected chi connectivity index (χ2v) is 13.5. The number of rotatable bonds is 16. The Morgan fingerprint density at radius 2 is 1.62 bits per heavy atom. The average Bonchev–Trinajstić information content (AvgIpc) is 3.48. The van der Waals surface area contributed by atoms with Gasteiger partial charge >= 0.3 is 5.97 Å². The van der Waals surface area contributed by atoms with Gasteiger partial charge in [-0.2, -0.15) is 0 Å². The highest BCUT2D eigenvalue weighted by atomic mass is 32.1. The highest BCUT2D eigenvalue weighted by Crippen LogP contribution is 2.27. The first-order chi connectivity index (χ1) is 22.7. The maximum Gasteiger partial charge on any atom is 0.310 e. The van der Waals surface area contributed by atoms with Crippen molar-refractivity contribution in [1.29, 1.82) is 0 Å². The Morgan fingerprint density at radius 3 is 2.34 bits per heavy atom. The molecule has 1 aromatic heterocycles. The largest absolute Gasteiger partial charge is 0.462 e. The number of benzene rings is 2. The van der Waals surface area contributed by atoms with Crippen molar-refractivity contribution in [1.82, 2.24) is 19.7 Å². The molecule has 2 amide bonds. The predicted octanol–water partition coefficient (Wildman–Crippen LogP) is 5.92. The van der Waals surface area contributed by atoms with E-state index in [4.69, 9.17) is 4.74 Å². The number of amides is 2. The second kappa shape index (κ2) is 18.0. The molecule has 2 aromatic carbocycles. The van der Waals surface area contributed by atoms with Crippen molar-refractivity contribution in [3.63, 3.8) is 0 Å². The number of carbonyl (C=O) groups is 3. The molecule has 0 bridgehead atoms. The molecule has 3 aromatic rings. The van der Waals surface area contributed by atoms with Gasteiger partial charge in [-0.1, -0.05) is 72.4 Å². The molecule has 254 valence electrons. The summed E-state index contributed by atoms with van der Waals surface area (Å²) in [6, 6.07) is 18.1. The van der Waals surface area contributed by atoms with Crippen molar-refractivity contribution in [2.75, 3.05) is 65.3 Å². The van der Waals surface area contributed by atoms with Crippen LogP contribution in [-0.4, -0.2) is 104 Å². The SMILES string of the molecule is CCN(C)C(=O)c1sc(N(C)CCCCCC(=O)N(C)CCN2CCC(OC(=O)Cc3ccccc3-c3ccccc3)CC2)nc1C. The van der Waals surface area contributed by atoms with E-state index in [1.165, 1.54) is 11.3 Å². The van der Waals surface area contributed by atoms with Crippen LogP contribution in [0.2, 0.25) is 0 Å². The zero-order valence-electron chi connectivity index (χ0n) is 28.7. The number of aryl methyl sites for hydroxylation is 1. The van der Waals surface area contributed by atoms with E-state index in [2.05, 4.69) is 33.0 Å². The number of hydrogen-bond donors (Lipinski definition) is 0. The molecule has 4 rings (SSSR count). The zero-order valence-corrected chi connectivity index (χ0v) is 29.6. The monoisotopic (exact) mass is 661 g/mol. The Balaban J connectivity index is 1.08. The van der Waals surface area contributed by atoms with E-state index in [-0.39, 0.29) is 30.3 Å². The van der Waals surface area contributed by atoms with Gasteiger partial charge in [-0.3, -0.25) is 14.4 Å². The van der Waals surface area contributed by atoms with Crippen LogP contribution in [0.25, 0.3) is 11.1 Å². The molecule has 0 unspecified atom stereocenters. The lowest BCUT2D eigenvalue weighted by molar-refractivity contribution is -0.150. The number of unbranched alkanes of at least 4 members (excludes halogenated alkanes) is 2. The fraction of sp³-hybridized carbons (Fsp3) is 0.514. The predicted molar refractivity (Wildman–Crippen MR) is 190 cm³/mol. The maximum absolute atomic E-state index is 12.8. The van der Waals surface area contributed by atoms with E-state index in [1.54, 1.807) is 4.90 Å². The topological polar surface area (TPSA) is 86.3 Å². The molecule has 0 spiro atoms. The molecule has 0 saturated carbocycles. The number of nitrogens with zero attached hydrogens (tertiary/aromatic N) is 5. The number of esters is 1.